The predicted molar refractivity (Wildman–Crippen MR) is 114 cm³/mol. The van der Waals surface area contributed by atoms with Crippen molar-refractivity contribution < 1.29 is 14.7 Å². The molecule has 6 heteroatoms. The van der Waals surface area contributed by atoms with Gasteiger partial charge in [0.1, 0.15) is 5.75 Å². The highest BCUT2D eigenvalue weighted by molar-refractivity contribution is 9.10. The number of unbranched alkanes of at least 4 members (excludes halogenated alkanes) is 1. The minimum absolute atomic E-state index is 0.0879. The minimum atomic E-state index is -0.168. The van der Waals surface area contributed by atoms with Gasteiger partial charge in [-0.2, -0.15) is 0 Å². The van der Waals surface area contributed by atoms with Crippen molar-refractivity contribution in [3.05, 3.63) is 63.8 Å². The fraction of sp³-hybridized carbons (Fsp3) is 0.273. The maximum atomic E-state index is 13.2. The van der Waals surface area contributed by atoms with Gasteiger partial charge in [-0.15, -0.1) is 0 Å². The molecule has 2 aromatic carbocycles. The van der Waals surface area contributed by atoms with Gasteiger partial charge in [0.15, 0.2) is 0 Å². The summed E-state index contributed by atoms with van der Waals surface area (Å²) in [5, 5.41) is 13.6. The molecular formula is C22H23BrN2O3. The van der Waals surface area contributed by atoms with Gasteiger partial charge >= 0.3 is 0 Å². The number of hydrogen-bond acceptors (Lipinski definition) is 3. The highest BCUT2D eigenvalue weighted by Gasteiger charge is 2.21. The van der Waals surface area contributed by atoms with Gasteiger partial charge in [-0.1, -0.05) is 29.3 Å². The summed E-state index contributed by atoms with van der Waals surface area (Å²) in [6.07, 6.45) is 2.10. The van der Waals surface area contributed by atoms with Crippen LogP contribution in [-0.2, 0) is 11.2 Å². The van der Waals surface area contributed by atoms with E-state index in [-0.39, 0.29) is 24.0 Å². The summed E-state index contributed by atoms with van der Waals surface area (Å²) in [6.45, 7) is 4.54. The molecule has 1 aromatic heterocycles. The van der Waals surface area contributed by atoms with Gasteiger partial charge in [0.25, 0.3) is 5.91 Å². The van der Waals surface area contributed by atoms with E-state index < -0.39 is 0 Å². The van der Waals surface area contributed by atoms with Crippen molar-refractivity contribution in [3.8, 4) is 5.75 Å². The van der Waals surface area contributed by atoms with E-state index in [0.717, 1.165) is 22.9 Å². The molecule has 2 N–H and O–H groups in total. The summed E-state index contributed by atoms with van der Waals surface area (Å²) >= 11 is 3.38. The molecule has 0 radical (unpaired) electrons. The molecule has 1 heterocycles. The van der Waals surface area contributed by atoms with E-state index in [2.05, 4.69) is 28.2 Å². The Labute approximate surface area is 172 Å². The van der Waals surface area contributed by atoms with Crippen molar-refractivity contribution in [2.45, 2.75) is 33.1 Å². The summed E-state index contributed by atoms with van der Waals surface area (Å²) in [7, 11) is 0. The Morgan fingerprint density at radius 2 is 1.86 bits per heavy atom. The smallest absolute Gasteiger partial charge is 0.262 e. The molecule has 3 rings (SSSR count). The molecule has 0 aliphatic heterocycles. The fourth-order valence-electron chi connectivity index (χ4n) is 3.31. The second kappa shape index (κ2) is 8.61. The van der Waals surface area contributed by atoms with Gasteiger partial charge < -0.3 is 10.4 Å². The zero-order valence-corrected chi connectivity index (χ0v) is 17.5. The number of aromatic nitrogens is 1. The molecule has 0 spiro atoms. The SMILES string of the molecule is CCCCNC(=O)Cc1c(C)n(C(=O)c2ccc(Br)cc2)c2ccc(O)cc12. The summed E-state index contributed by atoms with van der Waals surface area (Å²) in [4.78, 5) is 25.6. The third-order valence-corrected chi connectivity index (χ3v) is 5.33. The van der Waals surface area contributed by atoms with Gasteiger partial charge in [-0.05, 0) is 61.4 Å². The number of carbonyl (C=O) groups is 2. The van der Waals surface area contributed by atoms with Crippen LogP contribution < -0.4 is 5.32 Å². The normalized spacial score (nSPS) is 11.0. The van der Waals surface area contributed by atoms with E-state index in [0.29, 0.717) is 28.7 Å². The first-order chi connectivity index (χ1) is 13.4. The molecule has 146 valence electrons. The van der Waals surface area contributed by atoms with Crippen molar-refractivity contribution in [3.63, 3.8) is 0 Å². The first-order valence-corrected chi connectivity index (χ1v) is 10.1. The molecule has 0 fully saturated rings. The second-order valence-corrected chi connectivity index (χ2v) is 7.71. The Hall–Kier alpha value is -2.60. The number of nitrogens with one attached hydrogen (secondary N) is 1. The Kier molecular flexibility index (Phi) is 6.19. The third kappa shape index (κ3) is 4.12. The lowest BCUT2D eigenvalue weighted by molar-refractivity contribution is -0.120. The van der Waals surface area contributed by atoms with Crippen LogP contribution in [0.15, 0.2) is 46.9 Å². The zero-order valence-electron chi connectivity index (χ0n) is 16.0. The number of rotatable bonds is 6. The van der Waals surface area contributed by atoms with Crippen molar-refractivity contribution >= 4 is 38.6 Å². The van der Waals surface area contributed by atoms with E-state index in [4.69, 9.17) is 0 Å². The number of benzene rings is 2. The van der Waals surface area contributed by atoms with Crippen LogP contribution in [0, 0.1) is 6.92 Å². The Balaban J connectivity index is 2.04. The van der Waals surface area contributed by atoms with Gasteiger partial charge in [-0.25, -0.2) is 0 Å². The average molecular weight is 443 g/mol. The van der Waals surface area contributed by atoms with Crippen LogP contribution in [0.25, 0.3) is 10.9 Å². The number of phenols is 1. The summed E-state index contributed by atoms with van der Waals surface area (Å²) in [5.74, 6) is -0.151. The monoisotopic (exact) mass is 442 g/mol. The Bertz CT molecular complexity index is 1020. The molecule has 0 unspecified atom stereocenters. The van der Waals surface area contributed by atoms with Crippen LogP contribution in [-0.4, -0.2) is 28.0 Å². The standard InChI is InChI=1S/C22H23BrN2O3/c1-3-4-11-24-21(27)13-18-14(2)25(20-10-9-17(26)12-19(18)20)22(28)15-5-7-16(23)8-6-15/h5-10,12,26H,3-4,11,13H2,1-2H3,(H,24,27). The van der Waals surface area contributed by atoms with Gasteiger partial charge in [0, 0.05) is 27.7 Å². The zero-order chi connectivity index (χ0) is 20.3. The number of amides is 1. The second-order valence-electron chi connectivity index (χ2n) is 6.79. The van der Waals surface area contributed by atoms with E-state index in [1.165, 1.54) is 0 Å². The first kappa shape index (κ1) is 20.1. The molecule has 0 saturated carbocycles. The number of nitrogens with zero attached hydrogens (tertiary/aromatic N) is 1. The molecular weight excluding hydrogens is 420 g/mol. The number of fused-ring (bicyclic) bond motifs is 1. The molecule has 0 aliphatic carbocycles. The molecule has 0 bridgehead atoms. The highest BCUT2D eigenvalue weighted by atomic mass is 79.9. The number of hydrogen-bond donors (Lipinski definition) is 2. The van der Waals surface area contributed by atoms with Gasteiger partial charge in [0.05, 0.1) is 11.9 Å². The van der Waals surface area contributed by atoms with E-state index in [1.54, 1.807) is 34.9 Å². The maximum Gasteiger partial charge on any atom is 0.262 e. The number of carbonyl (C=O) groups excluding carboxylic acids is 2. The van der Waals surface area contributed by atoms with Crippen LogP contribution in [0.1, 0.15) is 41.4 Å². The fourth-order valence-corrected chi connectivity index (χ4v) is 3.57. The lowest BCUT2D eigenvalue weighted by Gasteiger charge is -2.08. The van der Waals surface area contributed by atoms with Gasteiger partial charge in [0.2, 0.25) is 5.91 Å². The molecule has 0 atom stereocenters. The molecule has 0 aliphatic rings. The van der Waals surface area contributed by atoms with Crippen molar-refractivity contribution in [2.75, 3.05) is 6.54 Å². The molecule has 0 saturated heterocycles. The van der Waals surface area contributed by atoms with Crippen molar-refractivity contribution in [1.82, 2.24) is 9.88 Å². The van der Waals surface area contributed by atoms with Crippen LogP contribution >= 0.6 is 15.9 Å². The van der Waals surface area contributed by atoms with Crippen molar-refractivity contribution in [2.24, 2.45) is 0 Å². The Morgan fingerprint density at radius 1 is 1.14 bits per heavy atom. The molecule has 1 amide bonds. The van der Waals surface area contributed by atoms with Crippen LogP contribution in [0.2, 0.25) is 0 Å². The Morgan fingerprint density at radius 3 is 2.54 bits per heavy atom. The number of halogens is 1. The molecule has 3 aromatic rings. The van der Waals surface area contributed by atoms with Crippen molar-refractivity contribution in [1.29, 1.82) is 0 Å². The lowest BCUT2D eigenvalue weighted by Crippen LogP contribution is -2.26. The summed E-state index contributed by atoms with van der Waals surface area (Å²) < 4.78 is 2.51. The number of aromatic hydroxyl groups is 1. The summed E-state index contributed by atoms with van der Waals surface area (Å²) in [6, 6.07) is 12.0. The first-order valence-electron chi connectivity index (χ1n) is 9.32. The summed E-state index contributed by atoms with van der Waals surface area (Å²) in [5.41, 5.74) is 2.69. The minimum Gasteiger partial charge on any atom is -0.508 e. The largest absolute Gasteiger partial charge is 0.508 e. The third-order valence-electron chi connectivity index (χ3n) is 4.80. The van der Waals surface area contributed by atoms with E-state index >= 15 is 0 Å². The number of phenolic OH excluding ortho intramolecular Hbond substituents is 1. The quantitative estimate of drug-likeness (QED) is 0.549. The van der Waals surface area contributed by atoms with Crippen LogP contribution in [0.5, 0.6) is 5.75 Å². The van der Waals surface area contributed by atoms with Gasteiger partial charge in [-0.3, -0.25) is 14.2 Å². The van der Waals surface area contributed by atoms with Crippen LogP contribution in [0.4, 0.5) is 0 Å². The van der Waals surface area contributed by atoms with Crippen LogP contribution in [0.3, 0.4) is 0 Å². The maximum absolute atomic E-state index is 13.2. The predicted octanol–water partition coefficient (Wildman–Crippen LogP) is 4.57. The average Bonchev–Trinajstić information content (AvgIpc) is 2.93. The molecule has 5 nitrogen and oxygen atoms in total. The molecule has 28 heavy (non-hydrogen) atoms. The van der Waals surface area contributed by atoms with E-state index in [9.17, 15) is 14.7 Å². The lowest BCUT2D eigenvalue weighted by atomic mass is 10.1. The topological polar surface area (TPSA) is 71.3 Å². The van der Waals surface area contributed by atoms with E-state index in [1.807, 2.05) is 19.1 Å². The highest BCUT2D eigenvalue weighted by Crippen LogP contribution is 2.30.